The molecular formula is C13H18ClN3O2. The van der Waals surface area contributed by atoms with Crippen LogP contribution < -0.4 is 11.5 Å². The van der Waals surface area contributed by atoms with E-state index in [1.807, 2.05) is 13.8 Å². The second kappa shape index (κ2) is 6.43. The Labute approximate surface area is 117 Å². The Bertz CT molecular complexity index is 489. The Morgan fingerprint density at radius 3 is 2.47 bits per heavy atom. The van der Waals surface area contributed by atoms with E-state index >= 15 is 0 Å². The van der Waals surface area contributed by atoms with Crippen LogP contribution in [0.3, 0.4) is 0 Å². The van der Waals surface area contributed by atoms with Crippen LogP contribution in [-0.2, 0) is 4.79 Å². The fraction of sp³-hybridized carbons (Fsp3) is 0.385. The Morgan fingerprint density at radius 1 is 1.37 bits per heavy atom. The van der Waals surface area contributed by atoms with E-state index in [2.05, 4.69) is 0 Å². The summed E-state index contributed by atoms with van der Waals surface area (Å²) in [4.78, 5) is 24.7. The first-order valence-electron chi connectivity index (χ1n) is 5.94. The third-order valence-corrected chi connectivity index (χ3v) is 2.79. The molecule has 1 rings (SSSR count). The van der Waals surface area contributed by atoms with E-state index in [4.69, 9.17) is 23.1 Å². The van der Waals surface area contributed by atoms with Crippen molar-refractivity contribution in [2.45, 2.75) is 13.8 Å². The Morgan fingerprint density at radius 2 is 2.00 bits per heavy atom. The number of anilines is 1. The third kappa shape index (κ3) is 4.44. The number of nitrogens with two attached hydrogens (primary N) is 2. The number of primary amides is 1. The maximum Gasteiger partial charge on any atom is 0.254 e. The molecule has 4 N–H and O–H groups in total. The number of carbonyl (C=O) groups excluding carboxylic acids is 2. The Balaban J connectivity index is 2.97. The van der Waals surface area contributed by atoms with Crippen LogP contribution >= 0.6 is 11.6 Å². The van der Waals surface area contributed by atoms with Gasteiger partial charge in [-0.25, -0.2) is 0 Å². The number of rotatable bonds is 5. The zero-order valence-electron chi connectivity index (χ0n) is 11.0. The summed E-state index contributed by atoms with van der Waals surface area (Å²) in [6, 6.07) is 4.64. The summed E-state index contributed by atoms with van der Waals surface area (Å²) in [7, 11) is 0. The predicted molar refractivity (Wildman–Crippen MR) is 75.8 cm³/mol. The molecule has 0 radical (unpaired) electrons. The van der Waals surface area contributed by atoms with Crippen LogP contribution in [0, 0.1) is 5.92 Å². The number of benzene rings is 1. The molecule has 0 spiro atoms. The number of halogens is 1. The molecule has 0 heterocycles. The zero-order chi connectivity index (χ0) is 14.6. The van der Waals surface area contributed by atoms with Gasteiger partial charge in [0, 0.05) is 12.1 Å². The van der Waals surface area contributed by atoms with Gasteiger partial charge < -0.3 is 16.4 Å². The fourth-order valence-corrected chi connectivity index (χ4v) is 1.87. The molecule has 0 fully saturated rings. The molecule has 0 saturated heterocycles. The molecule has 1 aromatic rings. The van der Waals surface area contributed by atoms with Crippen LogP contribution in [0.5, 0.6) is 0 Å². The highest BCUT2D eigenvalue weighted by Crippen LogP contribution is 2.20. The normalized spacial score (nSPS) is 10.5. The molecule has 5 nitrogen and oxygen atoms in total. The predicted octanol–water partition coefficient (Wildman–Crippen LogP) is 1.51. The second-order valence-electron chi connectivity index (χ2n) is 4.78. The molecule has 1 aromatic carbocycles. The van der Waals surface area contributed by atoms with Crippen molar-refractivity contribution in [1.82, 2.24) is 4.90 Å². The van der Waals surface area contributed by atoms with Gasteiger partial charge in [-0.05, 0) is 24.1 Å². The molecule has 2 amide bonds. The van der Waals surface area contributed by atoms with Crippen LogP contribution in [0.2, 0.25) is 5.02 Å². The van der Waals surface area contributed by atoms with Crippen LogP contribution in [0.25, 0.3) is 0 Å². The number of amides is 2. The van der Waals surface area contributed by atoms with Gasteiger partial charge in [0.15, 0.2) is 0 Å². The summed E-state index contributed by atoms with van der Waals surface area (Å²) >= 11 is 5.89. The molecule has 0 aliphatic heterocycles. The lowest BCUT2D eigenvalue weighted by Crippen LogP contribution is -2.40. The van der Waals surface area contributed by atoms with Gasteiger partial charge in [0.1, 0.15) is 0 Å². The average Bonchev–Trinajstić information content (AvgIpc) is 2.29. The summed E-state index contributed by atoms with van der Waals surface area (Å²) in [6.45, 7) is 4.25. The maximum absolute atomic E-state index is 12.3. The maximum atomic E-state index is 12.3. The van der Waals surface area contributed by atoms with Crippen molar-refractivity contribution in [2.75, 3.05) is 18.8 Å². The number of nitrogens with zero attached hydrogens (tertiary/aromatic N) is 1. The van der Waals surface area contributed by atoms with E-state index < -0.39 is 5.91 Å². The SMILES string of the molecule is CC(C)CN(CC(N)=O)C(=O)c1ccc(N)c(Cl)c1. The molecule has 0 aliphatic carbocycles. The molecule has 0 saturated carbocycles. The summed E-state index contributed by atoms with van der Waals surface area (Å²) in [5.41, 5.74) is 11.6. The number of carbonyl (C=O) groups is 2. The third-order valence-electron chi connectivity index (χ3n) is 2.47. The summed E-state index contributed by atoms with van der Waals surface area (Å²) in [5, 5.41) is 0.314. The van der Waals surface area contributed by atoms with Crippen molar-refractivity contribution in [3.63, 3.8) is 0 Å². The van der Waals surface area contributed by atoms with Gasteiger partial charge in [0.25, 0.3) is 5.91 Å². The Hall–Kier alpha value is -1.75. The minimum absolute atomic E-state index is 0.112. The highest BCUT2D eigenvalue weighted by atomic mass is 35.5. The molecule has 0 aromatic heterocycles. The molecule has 0 atom stereocenters. The van der Waals surface area contributed by atoms with E-state index in [0.29, 0.717) is 22.8 Å². The van der Waals surface area contributed by atoms with E-state index in [-0.39, 0.29) is 18.4 Å². The van der Waals surface area contributed by atoms with Gasteiger partial charge in [0.2, 0.25) is 5.91 Å². The molecular weight excluding hydrogens is 266 g/mol. The minimum Gasteiger partial charge on any atom is -0.398 e. The van der Waals surface area contributed by atoms with Gasteiger partial charge in [-0.1, -0.05) is 25.4 Å². The van der Waals surface area contributed by atoms with Crippen molar-refractivity contribution in [2.24, 2.45) is 11.7 Å². The largest absolute Gasteiger partial charge is 0.398 e. The topological polar surface area (TPSA) is 89.4 Å². The zero-order valence-corrected chi connectivity index (χ0v) is 11.8. The van der Waals surface area contributed by atoms with Crippen molar-refractivity contribution >= 4 is 29.1 Å². The van der Waals surface area contributed by atoms with Gasteiger partial charge in [-0.15, -0.1) is 0 Å². The lowest BCUT2D eigenvalue weighted by molar-refractivity contribution is -0.118. The van der Waals surface area contributed by atoms with Gasteiger partial charge in [0.05, 0.1) is 17.3 Å². The van der Waals surface area contributed by atoms with Crippen LogP contribution in [0.1, 0.15) is 24.2 Å². The molecule has 0 unspecified atom stereocenters. The minimum atomic E-state index is -0.546. The highest BCUT2D eigenvalue weighted by molar-refractivity contribution is 6.33. The standard InChI is InChI=1S/C13H18ClN3O2/c1-8(2)6-17(7-12(16)18)13(19)9-3-4-11(15)10(14)5-9/h3-5,8H,6-7,15H2,1-2H3,(H2,16,18). The van der Waals surface area contributed by atoms with E-state index in [9.17, 15) is 9.59 Å². The van der Waals surface area contributed by atoms with Gasteiger partial charge in [-0.2, -0.15) is 0 Å². The number of hydrogen-bond acceptors (Lipinski definition) is 3. The van der Waals surface area contributed by atoms with Crippen molar-refractivity contribution in [1.29, 1.82) is 0 Å². The first-order valence-corrected chi connectivity index (χ1v) is 6.31. The lowest BCUT2D eigenvalue weighted by atomic mass is 10.1. The summed E-state index contributed by atoms with van der Waals surface area (Å²) < 4.78 is 0. The molecule has 0 bridgehead atoms. The first-order chi connectivity index (χ1) is 8.81. The summed E-state index contributed by atoms with van der Waals surface area (Å²) in [6.07, 6.45) is 0. The van der Waals surface area contributed by atoms with Crippen molar-refractivity contribution in [3.8, 4) is 0 Å². The van der Waals surface area contributed by atoms with Crippen LogP contribution in [0.15, 0.2) is 18.2 Å². The van der Waals surface area contributed by atoms with E-state index in [0.717, 1.165) is 0 Å². The quantitative estimate of drug-likeness (QED) is 0.803. The first kappa shape index (κ1) is 15.3. The summed E-state index contributed by atoms with van der Waals surface area (Å²) in [5.74, 6) is -0.600. The smallest absolute Gasteiger partial charge is 0.254 e. The lowest BCUT2D eigenvalue weighted by Gasteiger charge is -2.23. The molecule has 104 valence electrons. The van der Waals surface area contributed by atoms with Gasteiger partial charge >= 0.3 is 0 Å². The molecule has 0 aliphatic rings. The van der Waals surface area contributed by atoms with Crippen molar-refractivity contribution in [3.05, 3.63) is 28.8 Å². The number of hydrogen-bond donors (Lipinski definition) is 2. The second-order valence-corrected chi connectivity index (χ2v) is 5.19. The molecule has 19 heavy (non-hydrogen) atoms. The Kier molecular flexibility index (Phi) is 5.18. The van der Waals surface area contributed by atoms with E-state index in [1.54, 1.807) is 12.1 Å². The highest BCUT2D eigenvalue weighted by Gasteiger charge is 2.19. The average molecular weight is 284 g/mol. The van der Waals surface area contributed by atoms with Gasteiger partial charge in [-0.3, -0.25) is 9.59 Å². The number of nitrogen functional groups attached to an aromatic ring is 1. The molecule has 6 heteroatoms. The van der Waals surface area contributed by atoms with E-state index in [1.165, 1.54) is 11.0 Å². The van der Waals surface area contributed by atoms with Crippen LogP contribution in [-0.4, -0.2) is 29.8 Å². The monoisotopic (exact) mass is 283 g/mol. The van der Waals surface area contributed by atoms with Crippen molar-refractivity contribution < 1.29 is 9.59 Å². The van der Waals surface area contributed by atoms with Crippen LogP contribution in [0.4, 0.5) is 5.69 Å². The fourth-order valence-electron chi connectivity index (χ4n) is 1.69.